The summed E-state index contributed by atoms with van der Waals surface area (Å²) in [6.07, 6.45) is 0.518. The predicted octanol–water partition coefficient (Wildman–Crippen LogP) is -0.190. The van der Waals surface area contributed by atoms with E-state index < -0.39 is 0 Å². The smallest absolute Gasteiger partial charge is 0.219 e. The van der Waals surface area contributed by atoms with Crippen molar-refractivity contribution in [1.29, 1.82) is 0 Å². The van der Waals surface area contributed by atoms with E-state index in [9.17, 15) is 4.79 Å². The van der Waals surface area contributed by atoms with E-state index in [-0.39, 0.29) is 5.91 Å². The monoisotopic (exact) mass is 331 g/mol. The van der Waals surface area contributed by atoms with Crippen LogP contribution in [0.4, 0.5) is 0 Å². The van der Waals surface area contributed by atoms with E-state index in [0.717, 1.165) is 52.5 Å². The first kappa shape index (κ1) is 20.3. The van der Waals surface area contributed by atoms with E-state index in [0.29, 0.717) is 32.8 Å². The summed E-state index contributed by atoms with van der Waals surface area (Å²) in [6.45, 7) is 12.1. The molecule has 0 aromatic carbocycles. The summed E-state index contributed by atoms with van der Waals surface area (Å²) in [6, 6.07) is 0. The molecular formula is C16H33N3O4. The van der Waals surface area contributed by atoms with Gasteiger partial charge >= 0.3 is 0 Å². The Morgan fingerprint density at radius 1 is 0.913 bits per heavy atom. The van der Waals surface area contributed by atoms with Gasteiger partial charge < -0.3 is 19.5 Å². The number of methoxy groups -OCH3 is 1. The minimum absolute atomic E-state index is 0.0622. The molecule has 7 nitrogen and oxygen atoms in total. The van der Waals surface area contributed by atoms with E-state index in [1.807, 2.05) is 6.92 Å². The fourth-order valence-corrected chi connectivity index (χ4v) is 2.36. The van der Waals surface area contributed by atoms with Gasteiger partial charge in [-0.25, -0.2) is 0 Å². The van der Waals surface area contributed by atoms with Crippen LogP contribution in [-0.2, 0) is 19.0 Å². The molecule has 1 rings (SSSR count). The molecule has 1 aliphatic heterocycles. The summed E-state index contributed by atoms with van der Waals surface area (Å²) in [5.74, 6) is 0.0622. The molecular weight excluding hydrogens is 298 g/mol. The standard InChI is InChI=1S/C16H33N3O4/c1-3-16(20)17-4-11-22-14-15-23-13-10-19-7-5-18(6-8-19)9-12-21-2/h3-15H2,1-2H3,(H,17,20). The quantitative estimate of drug-likeness (QED) is 0.472. The maximum absolute atomic E-state index is 11.0. The lowest BCUT2D eigenvalue weighted by molar-refractivity contribution is -0.121. The number of carbonyl (C=O) groups is 1. The Kier molecular flexibility index (Phi) is 12.1. The van der Waals surface area contributed by atoms with Crippen LogP contribution in [0.15, 0.2) is 0 Å². The zero-order valence-corrected chi connectivity index (χ0v) is 14.7. The van der Waals surface area contributed by atoms with Gasteiger partial charge in [-0.2, -0.15) is 0 Å². The van der Waals surface area contributed by atoms with Crippen molar-refractivity contribution in [2.75, 3.05) is 86.0 Å². The van der Waals surface area contributed by atoms with Crippen molar-refractivity contribution in [3.8, 4) is 0 Å². The first-order valence-electron chi connectivity index (χ1n) is 8.62. The molecule has 0 radical (unpaired) electrons. The largest absolute Gasteiger partial charge is 0.383 e. The van der Waals surface area contributed by atoms with Gasteiger partial charge in [0.2, 0.25) is 5.91 Å². The van der Waals surface area contributed by atoms with Crippen molar-refractivity contribution in [1.82, 2.24) is 15.1 Å². The molecule has 0 aliphatic carbocycles. The average Bonchev–Trinajstić information content (AvgIpc) is 2.59. The Morgan fingerprint density at radius 2 is 1.48 bits per heavy atom. The van der Waals surface area contributed by atoms with Gasteiger partial charge in [0, 0.05) is 59.3 Å². The number of nitrogens with zero attached hydrogens (tertiary/aromatic N) is 2. The van der Waals surface area contributed by atoms with Crippen LogP contribution in [0.3, 0.4) is 0 Å². The minimum atomic E-state index is 0.0622. The van der Waals surface area contributed by atoms with E-state index >= 15 is 0 Å². The van der Waals surface area contributed by atoms with E-state index in [1.54, 1.807) is 7.11 Å². The van der Waals surface area contributed by atoms with Crippen molar-refractivity contribution in [3.05, 3.63) is 0 Å². The molecule has 136 valence electrons. The van der Waals surface area contributed by atoms with E-state index in [4.69, 9.17) is 14.2 Å². The molecule has 1 amide bonds. The molecule has 1 fully saturated rings. The number of rotatable bonds is 13. The molecule has 0 bridgehead atoms. The molecule has 0 spiro atoms. The minimum Gasteiger partial charge on any atom is -0.383 e. The molecule has 0 aromatic rings. The van der Waals surface area contributed by atoms with Crippen molar-refractivity contribution in [3.63, 3.8) is 0 Å². The van der Waals surface area contributed by atoms with E-state index in [2.05, 4.69) is 15.1 Å². The van der Waals surface area contributed by atoms with Gasteiger partial charge in [-0.1, -0.05) is 6.92 Å². The van der Waals surface area contributed by atoms with Crippen LogP contribution < -0.4 is 5.32 Å². The highest BCUT2D eigenvalue weighted by Gasteiger charge is 2.15. The number of carbonyl (C=O) groups excluding carboxylic acids is 1. The summed E-state index contributed by atoms with van der Waals surface area (Å²) < 4.78 is 16.1. The number of nitrogens with one attached hydrogen (secondary N) is 1. The molecule has 0 atom stereocenters. The summed E-state index contributed by atoms with van der Waals surface area (Å²) in [5.41, 5.74) is 0. The highest BCUT2D eigenvalue weighted by molar-refractivity contribution is 5.75. The first-order valence-corrected chi connectivity index (χ1v) is 8.62. The number of amides is 1. The maximum Gasteiger partial charge on any atom is 0.219 e. The Labute approximate surface area is 140 Å². The number of ether oxygens (including phenoxy) is 3. The van der Waals surface area contributed by atoms with Gasteiger partial charge in [-0.05, 0) is 0 Å². The van der Waals surface area contributed by atoms with Crippen LogP contribution in [0.1, 0.15) is 13.3 Å². The molecule has 1 heterocycles. The molecule has 23 heavy (non-hydrogen) atoms. The normalized spacial score (nSPS) is 16.6. The van der Waals surface area contributed by atoms with Crippen LogP contribution in [0.2, 0.25) is 0 Å². The summed E-state index contributed by atoms with van der Waals surface area (Å²) in [4.78, 5) is 15.9. The van der Waals surface area contributed by atoms with Crippen molar-refractivity contribution in [2.45, 2.75) is 13.3 Å². The van der Waals surface area contributed by atoms with Gasteiger partial charge in [-0.15, -0.1) is 0 Å². The van der Waals surface area contributed by atoms with Crippen LogP contribution in [-0.4, -0.2) is 102 Å². The number of hydrogen-bond donors (Lipinski definition) is 1. The summed E-state index contributed by atoms with van der Waals surface area (Å²) in [7, 11) is 1.75. The van der Waals surface area contributed by atoms with Gasteiger partial charge in [-0.3, -0.25) is 14.6 Å². The fraction of sp³-hybridized carbons (Fsp3) is 0.938. The zero-order chi connectivity index (χ0) is 16.8. The fourth-order valence-electron chi connectivity index (χ4n) is 2.36. The number of piperazine rings is 1. The maximum atomic E-state index is 11.0. The van der Waals surface area contributed by atoms with Gasteiger partial charge in [0.05, 0.1) is 33.0 Å². The van der Waals surface area contributed by atoms with Crippen LogP contribution in [0.5, 0.6) is 0 Å². The van der Waals surface area contributed by atoms with Crippen molar-refractivity contribution >= 4 is 5.91 Å². The highest BCUT2D eigenvalue weighted by atomic mass is 16.5. The van der Waals surface area contributed by atoms with Crippen molar-refractivity contribution < 1.29 is 19.0 Å². The second kappa shape index (κ2) is 13.7. The van der Waals surface area contributed by atoms with Gasteiger partial charge in [0.25, 0.3) is 0 Å². The molecule has 1 saturated heterocycles. The lowest BCUT2D eigenvalue weighted by atomic mass is 10.3. The molecule has 1 N–H and O–H groups in total. The Balaban J connectivity index is 1.84. The second-order valence-electron chi connectivity index (χ2n) is 5.60. The van der Waals surface area contributed by atoms with Gasteiger partial charge in [0.15, 0.2) is 0 Å². The number of hydrogen-bond acceptors (Lipinski definition) is 6. The van der Waals surface area contributed by atoms with Crippen LogP contribution in [0.25, 0.3) is 0 Å². The van der Waals surface area contributed by atoms with Crippen molar-refractivity contribution in [2.24, 2.45) is 0 Å². The molecule has 1 aliphatic rings. The molecule has 7 heteroatoms. The second-order valence-corrected chi connectivity index (χ2v) is 5.60. The summed E-state index contributed by atoms with van der Waals surface area (Å²) >= 11 is 0. The molecule has 0 aromatic heterocycles. The van der Waals surface area contributed by atoms with E-state index in [1.165, 1.54) is 0 Å². The Hall–Kier alpha value is -0.730. The predicted molar refractivity (Wildman–Crippen MR) is 89.7 cm³/mol. The highest BCUT2D eigenvalue weighted by Crippen LogP contribution is 2.01. The first-order chi connectivity index (χ1) is 11.3. The SMILES string of the molecule is CCC(=O)NCCOCCOCCN1CCN(CCOC)CC1. The summed E-state index contributed by atoms with van der Waals surface area (Å²) in [5, 5.41) is 2.77. The van der Waals surface area contributed by atoms with Crippen LogP contribution in [0, 0.1) is 0 Å². The molecule has 0 unspecified atom stereocenters. The average molecular weight is 331 g/mol. The van der Waals surface area contributed by atoms with Crippen LogP contribution >= 0.6 is 0 Å². The van der Waals surface area contributed by atoms with Gasteiger partial charge in [0.1, 0.15) is 0 Å². The third-order valence-corrected chi connectivity index (χ3v) is 3.89. The zero-order valence-electron chi connectivity index (χ0n) is 14.7. The topological polar surface area (TPSA) is 63.3 Å². The molecule has 0 saturated carbocycles. The Morgan fingerprint density at radius 3 is 2.04 bits per heavy atom. The Bertz CT molecular complexity index is 297. The third kappa shape index (κ3) is 10.6. The lowest BCUT2D eigenvalue weighted by Gasteiger charge is -2.34. The third-order valence-electron chi connectivity index (χ3n) is 3.89. The lowest BCUT2D eigenvalue weighted by Crippen LogP contribution is -2.48.